The van der Waals surface area contributed by atoms with Crippen LogP contribution in [0, 0.1) is 0 Å². The lowest BCUT2D eigenvalue weighted by atomic mass is 10.1. The summed E-state index contributed by atoms with van der Waals surface area (Å²) in [4.78, 5) is 0. The van der Waals surface area contributed by atoms with E-state index in [9.17, 15) is 0 Å². The van der Waals surface area contributed by atoms with Crippen LogP contribution in [-0.2, 0) is 0 Å². The van der Waals surface area contributed by atoms with Gasteiger partial charge in [0.05, 0.1) is 0 Å². The molecule has 0 radical (unpaired) electrons. The van der Waals surface area contributed by atoms with Crippen LogP contribution in [0.2, 0.25) is 0 Å². The molecule has 0 aromatic rings. The molecular weight excluding hydrogens is 290 g/mol. The van der Waals surface area contributed by atoms with Gasteiger partial charge < -0.3 is 38.1 Å². The van der Waals surface area contributed by atoms with E-state index in [0.717, 1.165) is 91.1 Å². The van der Waals surface area contributed by atoms with Crippen molar-refractivity contribution in [3.63, 3.8) is 0 Å². The van der Waals surface area contributed by atoms with Gasteiger partial charge in [-0.15, -0.1) is 0 Å². The first-order chi connectivity index (χ1) is 11.4. The Morgan fingerprint density at radius 2 is 1.04 bits per heavy atom. The van der Waals surface area contributed by atoms with Crippen molar-refractivity contribution in [3.05, 3.63) is 0 Å². The highest BCUT2D eigenvalue weighted by Crippen LogP contribution is 1.96. The Kier molecular flexibility index (Phi) is 13.8. The Balaban J connectivity index is 2.34. The molecule has 2 atom stereocenters. The number of nitrogens with one attached hydrogen (secondary N) is 5. The van der Waals surface area contributed by atoms with Crippen LogP contribution in [0.5, 0.6) is 0 Å². The van der Waals surface area contributed by atoms with Crippen molar-refractivity contribution in [2.24, 2.45) is 11.5 Å². The van der Waals surface area contributed by atoms with Gasteiger partial charge in [-0.25, -0.2) is 0 Å². The normalized spacial score (nSPS) is 26.3. The van der Waals surface area contributed by atoms with Crippen LogP contribution in [0.25, 0.3) is 0 Å². The Hall–Kier alpha value is -0.280. The van der Waals surface area contributed by atoms with Gasteiger partial charge in [0.2, 0.25) is 0 Å². The summed E-state index contributed by atoms with van der Waals surface area (Å²) in [5.41, 5.74) is 11.3. The van der Waals surface area contributed by atoms with E-state index < -0.39 is 0 Å². The van der Waals surface area contributed by atoms with Crippen molar-refractivity contribution in [2.75, 3.05) is 65.4 Å². The fourth-order valence-corrected chi connectivity index (χ4v) is 2.86. The largest absolute Gasteiger partial charge is 0.330 e. The smallest absolute Gasteiger partial charge is 0.0193 e. The van der Waals surface area contributed by atoms with Crippen LogP contribution in [0.4, 0.5) is 0 Å². The average Bonchev–Trinajstić information content (AvgIpc) is 2.57. The molecule has 9 N–H and O–H groups in total. The van der Waals surface area contributed by atoms with Crippen LogP contribution in [0.15, 0.2) is 0 Å². The molecule has 1 aliphatic rings. The summed E-state index contributed by atoms with van der Waals surface area (Å²) >= 11 is 0. The molecule has 1 aliphatic heterocycles. The van der Waals surface area contributed by atoms with Gasteiger partial charge in [0.1, 0.15) is 0 Å². The molecule has 2 unspecified atom stereocenters. The maximum Gasteiger partial charge on any atom is 0.0193 e. The standard InChI is InChI=1S/C16H39N7/c17-5-1-3-15-13-20-8-7-19-9-11-22-16(4-2-6-18)14-21-10-12-23-15/h15-16,19-23H,1-14,17-18H2. The van der Waals surface area contributed by atoms with Crippen LogP contribution in [0.3, 0.4) is 0 Å². The Morgan fingerprint density at radius 3 is 1.57 bits per heavy atom. The van der Waals surface area contributed by atoms with Gasteiger partial charge in [-0.3, -0.25) is 0 Å². The molecule has 7 heteroatoms. The third kappa shape index (κ3) is 11.8. The highest BCUT2D eigenvalue weighted by molar-refractivity contribution is 4.74. The highest BCUT2D eigenvalue weighted by atomic mass is 15.1. The topological polar surface area (TPSA) is 112 Å². The Morgan fingerprint density at radius 1 is 0.609 bits per heavy atom. The number of hydrogen-bond donors (Lipinski definition) is 7. The predicted molar refractivity (Wildman–Crippen MR) is 98.8 cm³/mol. The van der Waals surface area contributed by atoms with Crippen LogP contribution in [0.1, 0.15) is 25.7 Å². The van der Waals surface area contributed by atoms with Crippen LogP contribution < -0.4 is 38.1 Å². The van der Waals surface area contributed by atoms with E-state index in [0.29, 0.717) is 12.1 Å². The molecule has 0 aliphatic carbocycles. The van der Waals surface area contributed by atoms with E-state index in [1.165, 1.54) is 0 Å². The van der Waals surface area contributed by atoms with Gasteiger partial charge >= 0.3 is 0 Å². The molecular formula is C16H39N7. The van der Waals surface area contributed by atoms with Crippen molar-refractivity contribution < 1.29 is 0 Å². The molecule has 23 heavy (non-hydrogen) atoms. The van der Waals surface area contributed by atoms with Crippen molar-refractivity contribution in [1.29, 1.82) is 0 Å². The zero-order valence-electron chi connectivity index (χ0n) is 14.7. The van der Waals surface area contributed by atoms with Crippen molar-refractivity contribution in [3.8, 4) is 0 Å². The minimum atomic E-state index is 0.511. The van der Waals surface area contributed by atoms with E-state index in [-0.39, 0.29) is 0 Å². The van der Waals surface area contributed by atoms with Crippen LogP contribution in [-0.4, -0.2) is 77.5 Å². The lowest BCUT2D eigenvalue weighted by Gasteiger charge is -2.21. The average molecular weight is 330 g/mol. The van der Waals surface area contributed by atoms with E-state index >= 15 is 0 Å². The molecule has 1 rings (SSSR count). The summed E-state index contributed by atoms with van der Waals surface area (Å²) in [7, 11) is 0. The molecule has 7 nitrogen and oxygen atoms in total. The molecule has 0 bridgehead atoms. The van der Waals surface area contributed by atoms with Gasteiger partial charge in [0.25, 0.3) is 0 Å². The summed E-state index contributed by atoms with van der Waals surface area (Å²) in [6.07, 6.45) is 4.43. The zero-order valence-corrected chi connectivity index (χ0v) is 14.7. The lowest BCUT2D eigenvalue weighted by molar-refractivity contribution is 0.422. The third-order valence-corrected chi connectivity index (χ3v) is 4.24. The lowest BCUT2D eigenvalue weighted by Crippen LogP contribution is -2.44. The second-order valence-corrected chi connectivity index (χ2v) is 6.32. The molecule has 1 saturated heterocycles. The Labute approximate surface area is 142 Å². The molecule has 0 amide bonds. The van der Waals surface area contributed by atoms with E-state index in [1.54, 1.807) is 0 Å². The number of nitrogens with two attached hydrogens (primary N) is 2. The van der Waals surface area contributed by atoms with Crippen LogP contribution >= 0.6 is 0 Å². The molecule has 0 aromatic heterocycles. The number of hydrogen-bond acceptors (Lipinski definition) is 7. The van der Waals surface area contributed by atoms with Crippen molar-refractivity contribution in [1.82, 2.24) is 26.6 Å². The molecule has 1 heterocycles. The minimum Gasteiger partial charge on any atom is -0.330 e. The van der Waals surface area contributed by atoms with E-state index in [1.807, 2.05) is 0 Å². The number of rotatable bonds is 6. The maximum absolute atomic E-state index is 5.64. The highest BCUT2D eigenvalue weighted by Gasteiger charge is 2.09. The van der Waals surface area contributed by atoms with Gasteiger partial charge in [0, 0.05) is 64.4 Å². The monoisotopic (exact) mass is 329 g/mol. The summed E-state index contributed by atoms with van der Waals surface area (Å²) in [5, 5.41) is 17.8. The second-order valence-electron chi connectivity index (χ2n) is 6.32. The first kappa shape index (κ1) is 20.8. The zero-order chi connectivity index (χ0) is 16.6. The van der Waals surface area contributed by atoms with E-state index in [2.05, 4.69) is 26.6 Å². The quantitative estimate of drug-likeness (QED) is 0.307. The fourth-order valence-electron chi connectivity index (χ4n) is 2.86. The molecule has 0 saturated carbocycles. The third-order valence-electron chi connectivity index (χ3n) is 4.24. The molecule has 0 aromatic carbocycles. The molecule has 0 spiro atoms. The van der Waals surface area contributed by atoms with Gasteiger partial charge in [0.15, 0.2) is 0 Å². The summed E-state index contributed by atoms with van der Waals surface area (Å²) < 4.78 is 0. The van der Waals surface area contributed by atoms with Crippen molar-refractivity contribution in [2.45, 2.75) is 37.8 Å². The van der Waals surface area contributed by atoms with Gasteiger partial charge in [-0.05, 0) is 38.8 Å². The first-order valence-corrected chi connectivity index (χ1v) is 9.36. The van der Waals surface area contributed by atoms with Gasteiger partial charge in [-0.2, -0.15) is 0 Å². The maximum atomic E-state index is 5.64. The second kappa shape index (κ2) is 15.3. The molecule has 1 fully saturated rings. The van der Waals surface area contributed by atoms with Gasteiger partial charge in [-0.1, -0.05) is 0 Å². The predicted octanol–water partition coefficient (Wildman–Crippen LogP) is -1.84. The minimum absolute atomic E-state index is 0.511. The summed E-state index contributed by atoms with van der Waals surface area (Å²) in [6, 6.07) is 1.02. The van der Waals surface area contributed by atoms with E-state index in [4.69, 9.17) is 11.5 Å². The summed E-state index contributed by atoms with van der Waals surface area (Å²) in [5.74, 6) is 0. The first-order valence-electron chi connectivity index (χ1n) is 9.36. The molecule has 138 valence electrons. The van der Waals surface area contributed by atoms with Crippen molar-refractivity contribution >= 4 is 0 Å². The SMILES string of the molecule is NCCCC1CNCCNCCNC(CCCN)CNCCN1. The summed E-state index contributed by atoms with van der Waals surface area (Å²) in [6.45, 7) is 9.60. The Bertz CT molecular complexity index is 229. The fraction of sp³-hybridized carbons (Fsp3) is 1.00.